The maximum Gasteiger partial charge on any atom is 0.141 e. The molecule has 2 aliphatic rings. The summed E-state index contributed by atoms with van der Waals surface area (Å²) in [5.41, 5.74) is -0.0448. The summed E-state index contributed by atoms with van der Waals surface area (Å²) in [6.07, 6.45) is 9.31. The minimum Gasteiger partial charge on any atom is -0.377 e. The Morgan fingerprint density at radius 3 is 3.00 bits per heavy atom. The Kier molecular flexibility index (Phi) is 3.45. The molecule has 0 N–H and O–H groups in total. The molecule has 2 fully saturated rings. The van der Waals surface area contributed by atoms with Crippen LogP contribution in [0.5, 0.6) is 0 Å². The van der Waals surface area contributed by atoms with E-state index in [2.05, 4.69) is 6.92 Å². The molecule has 0 bridgehead atoms. The molecule has 0 unspecified atom stereocenters. The van der Waals surface area contributed by atoms with Crippen LogP contribution >= 0.6 is 0 Å². The van der Waals surface area contributed by atoms with Crippen LogP contribution in [0.25, 0.3) is 0 Å². The lowest BCUT2D eigenvalue weighted by Gasteiger charge is -2.18. The smallest absolute Gasteiger partial charge is 0.141 e. The molecule has 1 aliphatic carbocycles. The molecule has 1 saturated carbocycles. The van der Waals surface area contributed by atoms with Crippen LogP contribution in [0.1, 0.15) is 58.3 Å². The summed E-state index contributed by atoms with van der Waals surface area (Å²) >= 11 is 0. The van der Waals surface area contributed by atoms with Crippen LogP contribution in [0.3, 0.4) is 0 Å². The lowest BCUT2D eigenvalue weighted by atomic mass is 9.82. The number of ether oxygens (including phenoxy) is 1. The van der Waals surface area contributed by atoms with Crippen LogP contribution in [0.4, 0.5) is 0 Å². The third kappa shape index (κ3) is 2.25. The molecule has 2 rings (SSSR count). The van der Waals surface area contributed by atoms with Gasteiger partial charge in [-0.25, -0.2) is 0 Å². The Bertz CT molecular complexity index is 237. The molecule has 0 aromatic heterocycles. The zero-order chi connectivity index (χ0) is 10.7. The van der Waals surface area contributed by atoms with Crippen LogP contribution < -0.4 is 0 Å². The summed E-state index contributed by atoms with van der Waals surface area (Å²) in [7, 11) is 0. The highest BCUT2D eigenvalue weighted by atomic mass is 16.5. The van der Waals surface area contributed by atoms with E-state index in [1.54, 1.807) is 0 Å². The Hall–Kier alpha value is -0.370. The van der Waals surface area contributed by atoms with Crippen molar-refractivity contribution >= 4 is 5.78 Å². The number of hydrogen-bond donors (Lipinski definition) is 0. The van der Waals surface area contributed by atoms with Gasteiger partial charge < -0.3 is 4.74 Å². The fourth-order valence-electron chi connectivity index (χ4n) is 3.00. The first-order valence-electron chi connectivity index (χ1n) is 6.42. The molecule has 0 radical (unpaired) electrons. The molecular weight excluding hydrogens is 188 g/mol. The van der Waals surface area contributed by atoms with Gasteiger partial charge in [-0.15, -0.1) is 0 Å². The van der Waals surface area contributed by atoms with Crippen LogP contribution in [-0.2, 0) is 9.53 Å². The normalized spacial score (nSPS) is 35.5. The van der Waals surface area contributed by atoms with Gasteiger partial charge in [-0.1, -0.05) is 26.2 Å². The second-order valence-corrected chi connectivity index (χ2v) is 5.19. The summed E-state index contributed by atoms with van der Waals surface area (Å²) in [5.74, 6) is 0.473. The summed E-state index contributed by atoms with van der Waals surface area (Å²) in [6.45, 7) is 2.93. The molecule has 1 spiro atoms. The van der Waals surface area contributed by atoms with Crippen molar-refractivity contribution in [1.29, 1.82) is 0 Å². The Morgan fingerprint density at radius 1 is 1.47 bits per heavy atom. The lowest BCUT2D eigenvalue weighted by molar-refractivity contribution is -0.125. The first kappa shape index (κ1) is 11.1. The molecule has 0 aromatic rings. The van der Waals surface area contributed by atoms with Crippen molar-refractivity contribution in [2.45, 2.75) is 64.4 Å². The van der Waals surface area contributed by atoms with E-state index in [9.17, 15) is 4.79 Å². The first-order valence-corrected chi connectivity index (χ1v) is 6.42. The van der Waals surface area contributed by atoms with Gasteiger partial charge in [0.15, 0.2) is 0 Å². The van der Waals surface area contributed by atoms with Crippen molar-refractivity contribution in [3.05, 3.63) is 0 Å². The third-order valence-corrected chi connectivity index (χ3v) is 3.99. The van der Waals surface area contributed by atoms with Gasteiger partial charge >= 0.3 is 0 Å². The van der Waals surface area contributed by atoms with Gasteiger partial charge in [0.25, 0.3) is 0 Å². The van der Waals surface area contributed by atoms with Crippen LogP contribution in [0.15, 0.2) is 0 Å². The third-order valence-electron chi connectivity index (χ3n) is 3.99. The number of unbranched alkanes of at least 4 members (excludes halogenated alkanes) is 2. The van der Waals surface area contributed by atoms with Crippen LogP contribution in [0, 0.1) is 5.41 Å². The first-order chi connectivity index (χ1) is 7.27. The standard InChI is InChI=1S/C13H22O2/c1-2-3-4-6-11-9-13(10-15-11)8-5-7-12(13)14/h11H,2-10H2,1H3/t11-,13+/m1/s1. The van der Waals surface area contributed by atoms with Gasteiger partial charge in [-0.3, -0.25) is 4.79 Å². The van der Waals surface area contributed by atoms with Gasteiger partial charge in [-0.2, -0.15) is 0 Å². The molecule has 15 heavy (non-hydrogen) atoms. The van der Waals surface area contributed by atoms with Crippen molar-refractivity contribution in [2.75, 3.05) is 6.61 Å². The van der Waals surface area contributed by atoms with E-state index in [-0.39, 0.29) is 5.41 Å². The second kappa shape index (κ2) is 4.65. The Morgan fingerprint density at radius 2 is 2.33 bits per heavy atom. The van der Waals surface area contributed by atoms with Crippen molar-refractivity contribution in [3.63, 3.8) is 0 Å². The number of rotatable bonds is 4. The zero-order valence-electron chi connectivity index (χ0n) is 9.76. The summed E-state index contributed by atoms with van der Waals surface area (Å²) in [4.78, 5) is 11.8. The minimum absolute atomic E-state index is 0.0448. The van der Waals surface area contributed by atoms with E-state index in [0.717, 1.165) is 32.1 Å². The number of carbonyl (C=O) groups excluding carboxylic acids is 1. The molecule has 86 valence electrons. The molecular formula is C13H22O2. The molecule has 1 aliphatic heterocycles. The van der Waals surface area contributed by atoms with Crippen molar-refractivity contribution in [2.24, 2.45) is 5.41 Å². The molecule has 1 heterocycles. The van der Waals surface area contributed by atoms with E-state index in [4.69, 9.17) is 4.74 Å². The van der Waals surface area contributed by atoms with Crippen molar-refractivity contribution < 1.29 is 9.53 Å². The van der Waals surface area contributed by atoms with Gasteiger partial charge in [0.1, 0.15) is 5.78 Å². The van der Waals surface area contributed by atoms with Crippen LogP contribution in [0.2, 0.25) is 0 Å². The van der Waals surface area contributed by atoms with Gasteiger partial charge in [0.05, 0.1) is 18.1 Å². The predicted molar refractivity (Wildman–Crippen MR) is 59.8 cm³/mol. The summed E-state index contributed by atoms with van der Waals surface area (Å²) in [5, 5.41) is 0. The quantitative estimate of drug-likeness (QED) is 0.666. The largest absolute Gasteiger partial charge is 0.377 e. The fourth-order valence-corrected chi connectivity index (χ4v) is 3.00. The fraction of sp³-hybridized carbons (Fsp3) is 0.923. The monoisotopic (exact) mass is 210 g/mol. The molecule has 2 nitrogen and oxygen atoms in total. The van der Waals surface area contributed by atoms with Gasteiger partial charge in [0, 0.05) is 6.42 Å². The topological polar surface area (TPSA) is 26.3 Å². The second-order valence-electron chi connectivity index (χ2n) is 5.19. The Labute approximate surface area is 92.4 Å². The average molecular weight is 210 g/mol. The summed E-state index contributed by atoms with van der Waals surface area (Å²) in [6, 6.07) is 0. The number of Topliss-reactive ketones (excluding diaryl/α,β-unsaturated/α-hetero) is 1. The average Bonchev–Trinajstić information content (AvgIpc) is 2.78. The molecule has 1 saturated heterocycles. The predicted octanol–water partition coefficient (Wildman–Crippen LogP) is 3.10. The Balaban J connectivity index is 1.81. The van der Waals surface area contributed by atoms with E-state index >= 15 is 0 Å². The maximum atomic E-state index is 11.8. The highest BCUT2D eigenvalue weighted by Crippen LogP contribution is 2.44. The number of hydrogen-bond acceptors (Lipinski definition) is 2. The highest BCUT2D eigenvalue weighted by molar-refractivity contribution is 5.87. The van der Waals surface area contributed by atoms with E-state index < -0.39 is 0 Å². The van der Waals surface area contributed by atoms with Crippen molar-refractivity contribution in [1.82, 2.24) is 0 Å². The van der Waals surface area contributed by atoms with E-state index in [0.29, 0.717) is 18.5 Å². The molecule has 2 heteroatoms. The molecule has 0 amide bonds. The summed E-state index contributed by atoms with van der Waals surface area (Å²) < 4.78 is 5.79. The number of ketones is 1. The molecule has 2 atom stereocenters. The van der Waals surface area contributed by atoms with E-state index in [1.165, 1.54) is 19.3 Å². The van der Waals surface area contributed by atoms with Gasteiger partial charge in [-0.05, 0) is 25.7 Å². The lowest BCUT2D eigenvalue weighted by Crippen LogP contribution is -2.25. The highest BCUT2D eigenvalue weighted by Gasteiger charge is 2.47. The molecule has 0 aromatic carbocycles. The maximum absolute atomic E-state index is 11.8. The SMILES string of the molecule is CCCCC[C@@H]1C[C@@]2(CCCC2=O)CO1. The van der Waals surface area contributed by atoms with Crippen molar-refractivity contribution in [3.8, 4) is 0 Å². The minimum atomic E-state index is -0.0448. The number of carbonyl (C=O) groups is 1. The zero-order valence-corrected chi connectivity index (χ0v) is 9.76. The van der Waals surface area contributed by atoms with E-state index in [1.807, 2.05) is 0 Å². The van der Waals surface area contributed by atoms with Crippen LogP contribution in [-0.4, -0.2) is 18.5 Å². The van der Waals surface area contributed by atoms with Gasteiger partial charge in [0.2, 0.25) is 0 Å².